The predicted octanol–water partition coefficient (Wildman–Crippen LogP) is 2.80. The monoisotopic (exact) mass is 286 g/mol. The molecule has 20 heavy (non-hydrogen) atoms. The number of nitrogens with one attached hydrogen (secondary N) is 2. The SMILES string of the molecule is O=C1NC(c2ccccc2O)Nc2sc3c(c21)CCC3. The molecule has 0 bridgehead atoms. The zero-order valence-electron chi connectivity index (χ0n) is 10.8. The molecule has 0 spiro atoms. The average Bonchev–Trinajstić information content (AvgIpc) is 2.98. The summed E-state index contributed by atoms with van der Waals surface area (Å²) < 4.78 is 0. The van der Waals surface area contributed by atoms with Crippen LogP contribution >= 0.6 is 11.3 Å². The Morgan fingerprint density at radius 2 is 2.05 bits per heavy atom. The van der Waals surface area contributed by atoms with Crippen LogP contribution in [0.25, 0.3) is 0 Å². The normalized spacial score (nSPS) is 20.0. The van der Waals surface area contributed by atoms with Gasteiger partial charge in [0.25, 0.3) is 5.91 Å². The van der Waals surface area contributed by atoms with Crippen molar-refractivity contribution in [2.75, 3.05) is 5.32 Å². The fourth-order valence-electron chi connectivity index (χ4n) is 3.00. The number of amides is 1. The van der Waals surface area contributed by atoms with E-state index in [0.717, 1.165) is 29.8 Å². The first kappa shape index (κ1) is 11.8. The van der Waals surface area contributed by atoms with Crippen molar-refractivity contribution in [1.29, 1.82) is 0 Å². The van der Waals surface area contributed by atoms with Crippen LogP contribution in [0.15, 0.2) is 24.3 Å². The van der Waals surface area contributed by atoms with Crippen LogP contribution in [0.2, 0.25) is 0 Å². The highest BCUT2D eigenvalue weighted by atomic mass is 32.1. The highest BCUT2D eigenvalue weighted by Crippen LogP contribution is 2.42. The summed E-state index contributed by atoms with van der Waals surface area (Å²) in [6.45, 7) is 0. The van der Waals surface area contributed by atoms with Crippen LogP contribution in [0.3, 0.4) is 0 Å². The average molecular weight is 286 g/mol. The molecule has 4 rings (SSSR count). The van der Waals surface area contributed by atoms with Crippen LogP contribution in [0.1, 0.15) is 38.9 Å². The van der Waals surface area contributed by atoms with E-state index in [4.69, 9.17) is 0 Å². The van der Waals surface area contributed by atoms with Crippen LogP contribution in [-0.4, -0.2) is 11.0 Å². The van der Waals surface area contributed by atoms with E-state index in [-0.39, 0.29) is 17.8 Å². The lowest BCUT2D eigenvalue weighted by atomic mass is 10.1. The van der Waals surface area contributed by atoms with Crippen molar-refractivity contribution in [2.24, 2.45) is 0 Å². The molecule has 5 heteroatoms. The van der Waals surface area contributed by atoms with Crippen LogP contribution in [-0.2, 0) is 12.8 Å². The highest BCUT2D eigenvalue weighted by Gasteiger charge is 2.33. The van der Waals surface area contributed by atoms with Crippen molar-refractivity contribution in [3.63, 3.8) is 0 Å². The number of phenols is 1. The van der Waals surface area contributed by atoms with E-state index in [1.54, 1.807) is 23.5 Å². The van der Waals surface area contributed by atoms with Gasteiger partial charge in [-0.05, 0) is 30.9 Å². The molecule has 0 saturated carbocycles. The minimum Gasteiger partial charge on any atom is -0.508 e. The fraction of sp³-hybridized carbons (Fsp3) is 0.267. The highest BCUT2D eigenvalue weighted by molar-refractivity contribution is 7.16. The van der Waals surface area contributed by atoms with Crippen molar-refractivity contribution >= 4 is 22.2 Å². The predicted molar refractivity (Wildman–Crippen MR) is 78.3 cm³/mol. The van der Waals surface area contributed by atoms with Crippen LogP contribution in [0.4, 0.5) is 5.00 Å². The van der Waals surface area contributed by atoms with Crippen molar-refractivity contribution in [1.82, 2.24) is 5.32 Å². The molecule has 2 heterocycles. The van der Waals surface area contributed by atoms with Crippen molar-refractivity contribution < 1.29 is 9.90 Å². The zero-order chi connectivity index (χ0) is 13.7. The van der Waals surface area contributed by atoms with Gasteiger partial charge in [0.2, 0.25) is 0 Å². The molecule has 0 fully saturated rings. The second-order valence-electron chi connectivity index (χ2n) is 5.17. The summed E-state index contributed by atoms with van der Waals surface area (Å²) in [5.74, 6) is 0.157. The summed E-state index contributed by atoms with van der Waals surface area (Å²) in [5.41, 5.74) is 2.72. The lowest BCUT2D eigenvalue weighted by Crippen LogP contribution is -2.38. The number of carbonyl (C=O) groups excluding carboxylic acids is 1. The molecule has 3 N–H and O–H groups in total. The Balaban J connectivity index is 1.75. The number of carbonyl (C=O) groups is 1. The number of benzene rings is 1. The van der Waals surface area contributed by atoms with E-state index in [0.29, 0.717) is 5.56 Å². The van der Waals surface area contributed by atoms with Gasteiger partial charge in [-0.15, -0.1) is 11.3 Å². The molecule has 1 aliphatic carbocycles. The number of hydrogen-bond donors (Lipinski definition) is 3. The first-order chi connectivity index (χ1) is 9.74. The molecule has 102 valence electrons. The molecule has 1 aromatic carbocycles. The number of thiophene rings is 1. The summed E-state index contributed by atoms with van der Waals surface area (Å²) in [6.07, 6.45) is 2.85. The molecule has 0 saturated heterocycles. The van der Waals surface area contributed by atoms with E-state index >= 15 is 0 Å². The van der Waals surface area contributed by atoms with Gasteiger partial charge in [-0.1, -0.05) is 18.2 Å². The van der Waals surface area contributed by atoms with Crippen molar-refractivity contribution in [3.05, 3.63) is 45.8 Å². The van der Waals surface area contributed by atoms with E-state index in [1.165, 1.54) is 10.4 Å². The van der Waals surface area contributed by atoms with E-state index in [2.05, 4.69) is 10.6 Å². The number of aryl methyl sites for hydroxylation is 1. The molecule has 0 radical (unpaired) electrons. The molecule has 2 aromatic rings. The third-order valence-corrected chi connectivity index (χ3v) is 5.17. The summed E-state index contributed by atoms with van der Waals surface area (Å²) in [4.78, 5) is 13.7. The second-order valence-corrected chi connectivity index (χ2v) is 6.28. The third kappa shape index (κ3) is 1.63. The van der Waals surface area contributed by atoms with E-state index in [1.807, 2.05) is 12.1 Å². The van der Waals surface area contributed by atoms with Gasteiger partial charge in [0, 0.05) is 10.4 Å². The van der Waals surface area contributed by atoms with Gasteiger partial charge in [0.1, 0.15) is 16.9 Å². The maximum absolute atomic E-state index is 12.4. The number of aromatic hydroxyl groups is 1. The molecule has 2 aliphatic rings. The third-order valence-electron chi connectivity index (χ3n) is 3.95. The molecule has 1 aromatic heterocycles. The molecular formula is C15H14N2O2S. The topological polar surface area (TPSA) is 61.4 Å². The molecule has 1 aliphatic heterocycles. The molecule has 1 amide bonds. The number of phenolic OH excluding ortho intramolecular Hbond substituents is 1. The Kier molecular flexibility index (Phi) is 2.50. The Bertz CT molecular complexity index is 708. The molecule has 1 unspecified atom stereocenters. The number of rotatable bonds is 1. The van der Waals surface area contributed by atoms with Gasteiger partial charge in [-0.2, -0.15) is 0 Å². The van der Waals surface area contributed by atoms with E-state index in [9.17, 15) is 9.90 Å². The van der Waals surface area contributed by atoms with Gasteiger partial charge in [-0.25, -0.2) is 0 Å². The second kappa shape index (κ2) is 4.24. The quantitative estimate of drug-likeness (QED) is 0.755. The number of hydrogen-bond acceptors (Lipinski definition) is 4. The van der Waals surface area contributed by atoms with Gasteiger partial charge in [0.15, 0.2) is 0 Å². The minimum atomic E-state index is -0.366. The van der Waals surface area contributed by atoms with Crippen LogP contribution in [0.5, 0.6) is 5.75 Å². The summed E-state index contributed by atoms with van der Waals surface area (Å²) >= 11 is 1.68. The number of fused-ring (bicyclic) bond motifs is 3. The zero-order valence-corrected chi connectivity index (χ0v) is 11.6. The van der Waals surface area contributed by atoms with Gasteiger partial charge in [0.05, 0.1) is 5.56 Å². The summed E-state index contributed by atoms with van der Waals surface area (Å²) in [7, 11) is 0. The fourth-order valence-corrected chi connectivity index (χ4v) is 4.32. The lowest BCUT2D eigenvalue weighted by Gasteiger charge is -2.27. The summed E-state index contributed by atoms with van der Waals surface area (Å²) in [6, 6.07) is 7.08. The Morgan fingerprint density at radius 3 is 2.90 bits per heavy atom. The first-order valence-electron chi connectivity index (χ1n) is 6.74. The summed E-state index contributed by atoms with van der Waals surface area (Å²) in [5, 5.41) is 17.1. The molecular weight excluding hydrogens is 272 g/mol. The largest absolute Gasteiger partial charge is 0.508 e. The standard InChI is InChI=1S/C15H14N2O2S/c18-10-6-2-1-4-8(10)13-16-14(19)12-9-5-3-7-11(9)20-15(12)17-13/h1-2,4,6,13,17-18H,3,5,7H2,(H,16,19). The van der Waals surface area contributed by atoms with Crippen molar-refractivity contribution in [3.8, 4) is 5.75 Å². The van der Waals surface area contributed by atoms with Gasteiger partial charge in [-0.3, -0.25) is 4.79 Å². The smallest absolute Gasteiger partial charge is 0.256 e. The lowest BCUT2D eigenvalue weighted by molar-refractivity contribution is 0.0935. The molecule has 1 atom stereocenters. The number of para-hydroxylation sites is 1. The molecule has 4 nitrogen and oxygen atoms in total. The minimum absolute atomic E-state index is 0.0357. The maximum Gasteiger partial charge on any atom is 0.256 e. The number of anilines is 1. The van der Waals surface area contributed by atoms with Crippen LogP contribution in [0, 0.1) is 0 Å². The first-order valence-corrected chi connectivity index (χ1v) is 7.55. The van der Waals surface area contributed by atoms with Gasteiger partial charge < -0.3 is 15.7 Å². The Labute approximate surface area is 120 Å². The maximum atomic E-state index is 12.4. The Morgan fingerprint density at radius 1 is 1.20 bits per heavy atom. The Hall–Kier alpha value is -2.01. The van der Waals surface area contributed by atoms with Crippen LogP contribution < -0.4 is 10.6 Å². The van der Waals surface area contributed by atoms with E-state index < -0.39 is 0 Å². The van der Waals surface area contributed by atoms with Crippen molar-refractivity contribution in [2.45, 2.75) is 25.4 Å². The van der Waals surface area contributed by atoms with Gasteiger partial charge >= 0.3 is 0 Å².